The van der Waals surface area contributed by atoms with Crippen LogP contribution in [0.15, 0.2) is 12.4 Å². The van der Waals surface area contributed by atoms with Gasteiger partial charge in [-0.1, -0.05) is 20.8 Å². The Bertz CT molecular complexity index is 286. The number of nitrogen functional groups attached to an aromatic ring is 1. The highest BCUT2D eigenvalue weighted by Gasteiger charge is 2.14. The van der Waals surface area contributed by atoms with Crippen molar-refractivity contribution in [1.82, 2.24) is 9.97 Å². The van der Waals surface area contributed by atoms with Crippen LogP contribution in [0.4, 0.5) is 11.6 Å². The number of hydrogen-bond donors (Lipinski definition) is 1. The van der Waals surface area contributed by atoms with Gasteiger partial charge in [-0.2, -0.15) is 0 Å². The van der Waals surface area contributed by atoms with Gasteiger partial charge < -0.3 is 10.6 Å². The Kier molecular flexibility index (Phi) is 2.93. The van der Waals surface area contributed by atoms with Crippen LogP contribution in [0.25, 0.3) is 0 Å². The molecule has 14 heavy (non-hydrogen) atoms. The van der Waals surface area contributed by atoms with Gasteiger partial charge in [0.2, 0.25) is 0 Å². The first-order valence-corrected chi connectivity index (χ1v) is 4.67. The fourth-order valence-electron chi connectivity index (χ4n) is 1.32. The summed E-state index contributed by atoms with van der Waals surface area (Å²) in [7, 11) is 2.01. The minimum Gasteiger partial charge on any atom is -0.382 e. The van der Waals surface area contributed by atoms with Crippen LogP contribution in [-0.2, 0) is 0 Å². The van der Waals surface area contributed by atoms with Crippen LogP contribution < -0.4 is 10.6 Å². The summed E-state index contributed by atoms with van der Waals surface area (Å²) in [4.78, 5) is 10.3. The first kappa shape index (κ1) is 10.8. The van der Waals surface area contributed by atoms with Crippen LogP contribution in [0, 0.1) is 5.41 Å². The smallest absolute Gasteiger partial charge is 0.146 e. The van der Waals surface area contributed by atoms with Crippen molar-refractivity contribution in [2.75, 3.05) is 24.2 Å². The molecule has 0 amide bonds. The zero-order valence-electron chi connectivity index (χ0n) is 9.28. The molecule has 0 unspecified atom stereocenters. The van der Waals surface area contributed by atoms with E-state index in [1.165, 1.54) is 0 Å². The van der Waals surface area contributed by atoms with E-state index in [-0.39, 0.29) is 5.41 Å². The maximum Gasteiger partial charge on any atom is 0.146 e. The third-order valence-electron chi connectivity index (χ3n) is 1.76. The molecule has 78 valence electrons. The lowest BCUT2D eigenvalue weighted by Gasteiger charge is -2.27. The van der Waals surface area contributed by atoms with Crippen molar-refractivity contribution in [3.63, 3.8) is 0 Å². The highest BCUT2D eigenvalue weighted by atomic mass is 15.2. The first-order chi connectivity index (χ1) is 6.38. The second-order valence-corrected chi connectivity index (χ2v) is 4.72. The van der Waals surface area contributed by atoms with Crippen molar-refractivity contribution in [2.45, 2.75) is 20.8 Å². The van der Waals surface area contributed by atoms with Gasteiger partial charge in [0, 0.05) is 13.6 Å². The van der Waals surface area contributed by atoms with Gasteiger partial charge in [0.15, 0.2) is 0 Å². The summed E-state index contributed by atoms with van der Waals surface area (Å²) < 4.78 is 0. The first-order valence-electron chi connectivity index (χ1n) is 4.67. The highest BCUT2D eigenvalue weighted by Crippen LogP contribution is 2.17. The molecule has 0 aromatic carbocycles. The van der Waals surface area contributed by atoms with Gasteiger partial charge in [-0.15, -0.1) is 0 Å². The van der Waals surface area contributed by atoms with Crippen LogP contribution >= 0.6 is 0 Å². The maximum atomic E-state index is 5.46. The molecule has 0 spiro atoms. The molecular weight excluding hydrogens is 176 g/mol. The van der Waals surface area contributed by atoms with Crippen LogP contribution in [0.2, 0.25) is 0 Å². The quantitative estimate of drug-likeness (QED) is 0.776. The van der Waals surface area contributed by atoms with E-state index in [0.29, 0.717) is 5.82 Å². The minimum absolute atomic E-state index is 0.248. The molecule has 4 heteroatoms. The molecule has 4 nitrogen and oxygen atoms in total. The van der Waals surface area contributed by atoms with E-state index in [2.05, 4.69) is 35.6 Å². The normalized spacial score (nSPS) is 11.4. The predicted octanol–water partition coefficient (Wildman–Crippen LogP) is 1.54. The molecular formula is C10H18N4. The average molecular weight is 194 g/mol. The van der Waals surface area contributed by atoms with E-state index in [1.54, 1.807) is 12.4 Å². The van der Waals surface area contributed by atoms with Crippen molar-refractivity contribution in [2.24, 2.45) is 5.41 Å². The lowest BCUT2D eigenvalue weighted by Crippen LogP contribution is -2.29. The molecule has 1 aromatic heterocycles. The third kappa shape index (κ3) is 3.20. The van der Waals surface area contributed by atoms with E-state index in [0.717, 1.165) is 12.4 Å². The SMILES string of the molecule is CN(CC(C)(C)C)c1cnc(N)cn1. The lowest BCUT2D eigenvalue weighted by molar-refractivity contribution is 0.417. The summed E-state index contributed by atoms with van der Waals surface area (Å²) in [5, 5.41) is 0. The number of hydrogen-bond acceptors (Lipinski definition) is 4. The Morgan fingerprint density at radius 2 is 1.93 bits per heavy atom. The van der Waals surface area contributed by atoms with Crippen LogP contribution in [-0.4, -0.2) is 23.6 Å². The Balaban J connectivity index is 2.70. The van der Waals surface area contributed by atoms with E-state index in [1.807, 2.05) is 7.05 Å². The molecule has 0 aliphatic carbocycles. The van der Waals surface area contributed by atoms with E-state index >= 15 is 0 Å². The van der Waals surface area contributed by atoms with Crippen molar-refractivity contribution in [1.29, 1.82) is 0 Å². The zero-order chi connectivity index (χ0) is 10.8. The molecule has 2 N–H and O–H groups in total. The number of anilines is 2. The highest BCUT2D eigenvalue weighted by molar-refractivity contribution is 5.38. The standard InChI is InChI=1S/C10H18N4/c1-10(2,3)7-14(4)9-6-12-8(11)5-13-9/h5-6H,7H2,1-4H3,(H2,11,12). The summed E-state index contributed by atoms with van der Waals surface area (Å²) in [5.41, 5.74) is 5.71. The van der Waals surface area contributed by atoms with Gasteiger partial charge in [0.1, 0.15) is 11.6 Å². The Labute approximate surface area is 85.2 Å². The largest absolute Gasteiger partial charge is 0.382 e. The molecule has 0 aliphatic rings. The minimum atomic E-state index is 0.248. The molecule has 0 aliphatic heterocycles. The van der Waals surface area contributed by atoms with Crippen LogP contribution in [0.1, 0.15) is 20.8 Å². The monoisotopic (exact) mass is 194 g/mol. The zero-order valence-corrected chi connectivity index (χ0v) is 9.28. The molecule has 0 saturated carbocycles. The second-order valence-electron chi connectivity index (χ2n) is 4.72. The molecule has 0 radical (unpaired) electrons. The lowest BCUT2D eigenvalue weighted by atomic mass is 9.96. The summed E-state index contributed by atoms with van der Waals surface area (Å²) >= 11 is 0. The number of aromatic nitrogens is 2. The predicted molar refractivity (Wildman–Crippen MR) is 59.2 cm³/mol. The maximum absolute atomic E-state index is 5.46. The van der Waals surface area contributed by atoms with E-state index in [4.69, 9.17) is 5.73 Å². The Hall–Kier alpha value is -1.32. The summed E-state index contributed by atoms with van der Waals surface area (Å²) in [6, 6.07) is 0. The topological polar surface area (TPSA) is 55.0 Å². The molecule has 1 rings (SSSR count). The van der Waals surface area contributed by atoms with Crippen molar-refractivity contribution in [3.05, 3.63) is 12.4 Å². The van der Waals surface area contributed by atoms with Crippen molar-refractivity contribution in [3.8, 4) is 0 Å². The van der Waals surface area contributed by atoms with Crippen LogP contribution in [0.3, 0.4) is 0 Å². The molecule has 0 fully saturated rings. The van der Waals surface area contributed by atoms with Gasteiger partial charge in [-0.05, 0) is 5.41 Å². The van der Waals surface area contributed by atoms with Gasteiger partial charge in [-0.3, -0.25) is 0 Å². The molecule has 0 saturated heterocycles. The van der Waals surface area contributed by atoms with Crippen molar-refractivity contribution >= 4 is 11.6 Å². The van der Waals surface area contributed by atoms with Gasteiger partial charge in [0.25, 0.3) is 0 Å². The van der Waals surface area contributed by atoms with Gasteiger partial charge >= 0.3 is 0 Å². The van der Waals surface area contributed by atoms with E-state index in [9.17, 15) is 0 Å². The Morgan fingerprint density at radius 3 is 2.36 bits per heavy atom. The van der Waals surface area contributed by atoms with E-state index < -0.39 is 0 Å². The third-order valence-corrected chi connectivity index (χ3v) is 1.76. The fourth-order valence-corrected chi connectivity index (χ4v) is 1.32. The number of nitrogens with zero attached hydrogens (tertiary/aromatic N) is 3. The Morgan fingerprint density at radius 1 is 1.29 bits per heavy atom. The summed E-state index contributed by atoms with van der Waals surface area (Å²) in [6.45, 7) is 7.50. The van der Waals surface area contributed by atoms with Gasteiger partial charge in [0.05, 0.1) is 12.4 Å². The number of nitrogens with two attached hydrogens (primary N) is 1. The molecule has 1 aromatic rings. The fraction of sp³-hybridized carbons (Fsp3) is 0.600. The number of rotatable bonds is 2. The van der Waals surface area contributed by atoms with Crippen LogP contribution in [0.5, 0.6) is 0 Å². The second kappa shape index (κ2) is 3.82. The summed E-state index contributed by atoms with van der Waals surface area (Å²) in [5.74, 6) is 1.31. The average Bonchev–Trinajstić information content (AvgIpc) is 2.02. The van der Waals surface area contributed by atoms with Gasteiger partial charge in [-0.25, -0.2) is 9.97 Å². The molecule has 0 bridgehead atoms. The molecule has 0 atom stereocenters. The molecule has 1 heterocycles. The summed E-state index contributed by atoms with van der Waals surface area (Å²) in [6.07, 6.45) is 3.27. The van der Waals surface area contributed by atoms with Crippen molar-refractivity contribution < 1.29 is 0 Å².